The van der Waals surface area contributed by atoms with Gasteiger partial charge in [-0.05, 0) is 32.1 Å². The van der Waals surface area contributed by atoms with Gasteiger partial charge in [-0.15, -0.1) is 0 Å². The Balaban J connectivity index is 1.59. The smallest absolute Gasteiger partial charge is 0.317 e. The predicted molar refractivity (Wildman–Crippen MR) is 85.3 cm³/mol. The molecule has 3 N–H and O–H groups in total. The average molecular weight is 341 g/mol. The van der Waals surface area contributed by atoms with E-state index in [1.807, 2.05) is 0 Å². The molecule has 3 amide bonds. The molecule has 1 spiro atoms. The highest BCUT2D eigenvalue weighted by molar-refractivity contribution is 7.93. The maximum atomic E-state index is 12.3. The molecule has 2 saturated heterocycles. The van der Waals surface area contributed by atoms with Gasteiger partial charge in [0, 0.05) is 19.6 Å². The van der Waals surface area contributed by atoms with Gasteiger partial charge in [0.25, 0.3) is 0 Å². The number of hydrogen-bond acceptors (Lipinski definition) is 4. The van der Waals surface area contributed by atoms with Crippen molar-refractivity contribution in [2.24, 2.45) is 11.7 Å². The summed E-state index contributed by atoms with van der Waals surface area (Å²) >= 11 is 0. The van der Waals surface area contributed by atoms with Gasteiger partial charge in [0.2, 0.25) is 5.91 Å². The maximum absolute atomic E-state index is 12.3. The number of hydrogen-bond donors (Lipinski definition) is 2. The zero-order valence-corrected chi connectivity index (χ0v) is 13.9. The lowest BCUT2D eigenvalue weighted by Crippen LogP contribution is -2.71. The first-order chi connectivity index (χ1) is 10.9. The molecule has 8 heteroatoms. The van der Waals surface area contributed by atoms with Crippen molar-refractivity contribution in [3.05, 3.63) is 11.6 Å². The fourth-order valence-electron chi connectivity index (χ4n) is 3.88. The number of carbonyl (C=O) groups is 2. The molecule has 0 saturated carbocycles. The van der Waals surface area contributed by atoms with Crippen LogP contribution in [0.2, 0.25) is 0 Å². The number of rotatable bonds is 3. The lowest BCUT2D eigenvalue weighted by Gasteiger charge is -2.48. The van der Waals surface area contributed by atoms with Gasteiger partial charge in [-0.3, -0.25) is 4.79 Å². The Labute approximate surface area is 136 Å². The Bertz CT molecular complexity index is 650. The summed E-state index contributed by atoms with van der Waals surface area (Å²) < 4.78 is 23.4. The van der Waals surface area contributed by atoms with Gasteiger partial charge >= 0.3 is 6.03 Å². The van der Waals surface area contributed by atoms with Gasteiger partial charge in [-0.25, -0.2) is 13.2 Å². The molecule has 2 aliphatic heterocycles. The molecule has 23 heavy (non-hydrogen) atoms. The molecule has 3 rings (SSSR count). The van der Waals surface area contributed by atoms with E-state index < -0.39 is 26.4 Å². The maximum Gasteiger partial charge on any atom is 0.317 e. The first-order valence-electron chi connectivity index (χ1n) is 8.08. The Morgan fingerprint density at radius 1 is 1.35 bits per heavy atom. The molecule has 0 radical (unpaired) electrons. The highest BCUT2D eigenvalue weighted by Crippen LogP contribution is 2.44. The zero-order chi connectivity index (χ0) is 16.7. The van der Waals surface area contributed by atoms with E-state index in [-0.39, 0.29) is 31.3 Å². The van der Waals surface area contributed by atoms with Gasteiger partial charge in [-0.2, -0.15) is 0 Å². The summed E-state index contributed by atoms with van der Waals surface area (Å²) in [6, 6.07) is -0.271. The number of urea groups is 1. The standard InChI is InChI=1S/C15H23N3O4S/c16-13(19)12-6-7-23(21,22)15(12)9-18(10-15)14(20)17-8-11-4-2-1-3-5-11/h4,12H,1-3,5-10H2,(H2,16,19)(H,17,20). The Kier molecular flexibility index (Phi) is 4.12. The second kappa shape index (κ2) is 5.81. The lowest BCUT2D eigenvalue weighted by atomic mass is 9.83. The molecule has 2 fully saturated rings. The average Bonchev–Trinajstić information content (AvgIpc) is 2.75. The van der Waals surface area contributed by atoms with Crippen LogP contribution in [0.5, 0.6) is 0 Å². The first-order valence-corrected chi connectivity index (χ1v) is 9.73. The number of primary amides is 1. The van der Waals surface area contributed by atoms with Crippen LogP contribution in [0.1, 0.15) is 32.1 Å². The van der Waals surface area contributed by atoms with Crippen LogP contribution < -0.4 is 11.1 Å². The van der Waals surface area contributed by atoms with Gasteiger partial charge in [-0.1, -0.05) is 11.6 Å². The minimum absolute atomic E-state index is 0.0248. The van der Waals surface area contributed by atoms with Gasteiger partial charge in [0.1, 0.15) is 4.75 Å². The van der Waals surface area contributed by atoms with Gasteiger partial charge < -0.3 is 16.0 Å². The van der Waals surface area contributed by atoms with Crippen molar-refractivity contribution in [3.63, 3.8) is 0 Å². The van der Waals surface area contributed by atoms with E-state index >= 15 is 0 Å². The van der Waals surface area contributed by atoms with Crippen LogP contribution in [0.15, 0.2) is 11.6 Å². The molecule has 7 nitrogen and oxygen atoms in total. The van der Waals surface area contributed by atoms with Crippen LogP contribution >= 0.6 is 0 Å². The summed E-state index contributed by atoms with van der Waals surface area (Å²) in [5.41, 5.74) is 6.58. The summed E-state index contributed by atoms with van der Waals surface area (Å²) in [6.45, 7) is 0.635. The van der Waals surface area contributed by atoms with Gasteiger partial charge in [0.05, 0.1) is 11.7 Å². The Morgan fingerprint density at radius 3 is 2.70 bits per heavy atom. The second-order valence-electron chi connectivity index (χ2n) is 6.75. The summed E-state index contributed by atoms with van der Waals surface area (Å²) in [5.74, 6) is -1.29. The number of allylic oxidation sites excluding steroid dienone is 1. The van der Waals surface area contributed by atoms with Crippen LogP contribution in [0.3, 0.4) is 0 Å². The largest absolute Gasteiger partial charge is 0.369 e. The molecule has 1 atom stereocenters. The van der Waals surface area contributed by atoms with E-state index in [4.69, 9.17) is 5.73 Å². The zero-order valence-electron chi connectivity index (χ0n) is 13.1. The molecule has 2 heterocycles. The van der Waals surface area contributed by atoms with Crippen LogP contribution in [0, 0.1) is 5.92 Å². The molecule has 0 bridgehead atoms. The molecule has 0 aromatic carbocycles. The quantitative estimate of drug-likeness (QED) is 0.713. The topological polar surface area (TPSA) is 110 Å². The normalized spacial score (nSPS) is 28.1. The van der Waals surface area contributed by atoms with Crippen molar-refractivity contribution < 1.29 is 18.0 Å². The number of nitrogens with zero attached hydrogens (tertiary/aromatic N) is 1. The first kappa shape index (κ1) is 16.3. The minimum Gasteiger partial charge on any atom is -0.369 e. The van der Waals surface area contributed by atoms with Crippen molar-refractivity contribution in [3.8, 4) is 0 Å². The molecule has 128 valence electrons. The number of nitrogens with two attached hydrogens (primary N) is 1. The summed E-state index contributed by atoms with van der Waals surface area (Å²) in [5, 5.41) is 2.84. The highest BCUT2D eigenvalue weighted by atomic mass is 32.2. The van der Waals surface area contributed by atoms with E-state index in [0.29, 0.717) is 6.54 Å². The van der Waals surface area contributed by atoms with E-state index in [9.17, 15) is 18.0 Å². The summed E-state index contributed by atoms with van der Waals surface area (Å²) in [7, 11) is -3.38. The third kappa shape index (κ3) is 2.73. The summed E-state index contributed by atoms with van der Waals surface area (Å²) in [4.78, 5) is 25.2. The van der Waals surface area contributed by atoms with Crippen molar-refractivity contribution >= 4 is 21.8 Å². The molecular weight excluding hydrogens is 318 g/mol. The summed E-state index contributed by atoms with van der Waals surface area (Å²) in [6.07, 6.45) is 6.82. The molecule has 1 aliphatic carbocycles. The Hall–Kier alpha value is -1.57. The third-order valence-electron chi connectivity index (χ3n) is 5.33. The second-order valence-corrected chi connectivity index (χ2v) is 9.20. The minimum atomic E-state index is -3.38. The lowest BCUT2D eigenvalue weighted by molar-refractivity contribution is -0.124. The third-order valence-corrected chi connectivity index (χ3v) is 7.88. The van der Waals surface area contributed by atoms with Crippen molar-refractivity contribution in [1.29, 1.82) is 0 Å². The van der Waals surface area contributed by atoms with E-state index in [2.05, 4.69) is 11.4 Å². The fourth-order valence-corrected chi connectivity index (χ4v) is 6.21. The Morgan fingerprint density at radius 2 is 2.09 bits per heavy atom. The fraction of sp³-hybridized carbons (Fsp3) is 0.733. The molecular formula is C15H23N3O4S. The van der Waals surface area contributed by atoms with Crippen molar-refractivity contribution in [1.82, 2.24) is 10.2 Å². The van der Waals surface area contributed by atoms with Crippen LogP contribution in [-0.2, 0) is 14.6 Å². The van der Waals surface area contributed by atoms with Crippen LogP contribution in [-0.4, -0.2) is 55.4 Å². The molecule has 1 unspecified atom stereocenters. The van der Waals surface area contributed by atoms with E-state index in [0.717, 1.165) is 19.3 Å². The van der Waals surface area contributed by atoms with Crippen LogP contribution in [0.4, 0.5) is 4.79 Å². The molecule has 0 aromatic heterocycles. The van der Waals surface area contributed by atoms with Crippen molar-refractivity contribution in [2.75, 3.05) is 25.4 Å². The number of carbonyl (C=O) groups excluding carboxylic acids is 2. The molecule has 0 aromatic rings. The predicted octanol–water partition coefficient (Wildman–Crippen LogP) is 0.171. The monoisotopic (exact) mass is 341 g/mol. The van der Waals surface area contributed by atoms with E-state index in [1.165, 1.54) is 16.9 Å². The number of sulfone groups is 1. The number of amides is 3. The highest BCUT2D eigenvalue weighted by Gasteiger charge is 2.64. The van der Waals surface area contributed by atoms with Crippen molar-refractivity contribution in [2.45, 2.75) is 36.9 Å². The molecule has 3 aliphatic rings. The number of nitrogens with one attached hydrogen (secondary N) is 1. The van der Waals surface area contributed by atoms with E-state index in [1.54, 1.807) is 0 Å². The number of likely N-dealkylation sites (tertiary alicyclic amines) is 1. The van der Waals surface area contributed by atoms with Crippen LogP contribution in [0.25, 0.3) is 0 Å². The SMILES string of the molecule is NC(=O)C1CCS(=O)(=O)C12CN(C(=O)NCC1=CCCCC1)C2. The van der Waals surface area contributed by atoms with Gasteiger partial charge in [0.15, 0.2) is 9.84 Å².